The molecule has 13 heteroatoms. The van der Waals surface area contributed by atoms with E-state index in [0.717, 1.165) is 30.7 Å². The van der Waals surface area contributed by atoms with Crippen molar-refractivity contribution >= 4 is 17.7 Å². The predicted octanol–water partition coefficient (Wildman–Crippen LogP) is 6.24. The number of halogens is 3. The molecule has 0 aliphatic heterocycles. The second-order valence-corrected chi connectivity index (χ2v) is 10.4. The van der Waals surface area contributed by atoms with Gasteiger partial charge in [0.15, 0.2) is 5.78 Å². The molecular weight excluding hydrogens is 623 g/mol. The lowest BCUT2D eigenvalue weighted by atomic mass is 10.0. The Labute approximate surface area is 267 Å². The minimum Gasteiger partial charge on any atom is -0.497 e. The van der Waals surface area contributed by atoms with Gasteiger partial charge >= 0.3 is 18.1 Å². The molecule has 3 aromatic carbocycles. The number of hydrogen-bond acceptors (Lipinski definition) is 10. The maximum Gasteiger partial charge on any atom is 0.495 e. The first-order chi connectivity index (χ1) is 22.4. The van der Waals surface area contributed by atoms with Gasteiger partial charge in [-0.1, -0.05) is 42.5 Å². The Kier molecular flexibility index (Phi) is 11.0. The minimum atomic E-state index is -5.38. The highest BCUT2D eigenvalue weighted by molar-refractivity contribution is 6.10. The van der Waals surface area contributed by atoms with Crippen LogP contribution in [0, 0.1) is 0 Å². The van der Waals surface area contributed by atoms with Gasteiger partial charge in [0.1, 0.15) is 23.9 Å². The van der Waals surface area contributed by atoms with Gasteiger partial charge in [-0.2, -0.15) is 13.2 Å². The number of alkyl halides is 3. The van der Waals surface area contributed by atoms with Crippen LogP contribution >= 0.6 is 0 Å². The van der Waals surface area contributed by atoms with Crippen molar-refractivity contribution in [3.8, 4) is 23.1 Å². The quantitative estimate of drug-likeness (QED) is 0.0932. The summed E-state index contributed by atoms with van der Waals surface area (Å²) in [4.78, 5) is 48.5. The molecule has 0 saturated heterocycles. The van der Waals surface area contributed by atoms with Crippen LogP contribution in [0.4, 0.5) is 13.2 Å². The van der Waals surface area contributed by atoms with E-state index in [9.17, 15) is 27.6 Å². The van der Waals surface area contributed by atoms with Crippen molar-refractivity contribution in [3.63, 3.8) is 0 Å². The van der Waals surface area contributed by atoms with Crippen molar-refractivity contribution in [1.29, 1.82) is 0 Å². The molecule has 4 aromatic rings. The number of nitrogens with zero attached hydrogens (tertiary/aromatic N) is 1. The number of ketones is 1. The minimum absolute atomic E-state index is 0.0226. The standard InChI is InChI=1S/C34H30F3NO9/c1-33(2,31(40)46-47-32(41)34(35,36)37)45-28-19-26(42-3)14-15-27(28)30(39)24-11-16-29(38-20-24)43-18-17-22-9-12-25(13-10-22)44-21-23-7-5-4-6-8-23/h4-16,19-20H,17-18,21H2,1-3H3. The molecule has 4 rings (SSSR count). The van der Waals surface area contributed by atoms with Crippen molar-refractivity contribution in [2.75, 3.05) is 13.7 Å². The molecule has 0 radical (unpaired) electrons. The molecule has 0 fully saturated rings. The van der Waals surface area contributed by atoms with E-state index in [1.54, 1.807) is 0 Å². The van der Waals surface area contributed by atoms with Crippen molar-refractivity contribution in [3.05, 3.63) is 113 Å². The molecule has 1 heterocycles. The van der Waals surface area contributed by atoms with Crippen LogP contribution in [0.5, 0.6) is 23.1 Å². The number of methoxy groups -OCH3 is 1. The number of benzene rings is 3. The van der Waals surface area contributed by atoms with E-state index in [0.29, 0.717) is 19.6 Å². The van der Waals surface area contributed by atoms with Crippen LogP contribution in [0.15, 0.2) is 91.1 Å². The molecule has 0 N–H and O–H groups in total. The van der Waals surface area contributed by atoms with Gasteiger partial charge in [-0.25, -0.2) is 24.3 Å². The average Bonchev–Trinajstić information content (AvgIpc) is 3.06. The van der Waals surface area contributed by atoms with E-state index < -0.39 is 29.5 Å². The van der Waals surface area contributed by atoms with Crippen LogP contribution < -0.4 is 18.9 Å². The average molecular weight is 654 g/mol. The molecular formula is C34H30F3NO9. The maximum absolute atomic E-state index is 13.4. The fourth-order valence-corrected chi connectivity index (χ4v) is 3.96. The van der Waals surface area contributed by atoms with Gasteiger partial charge in [-0.3, -0.25) is 4.79 Å². The topological polar surface area (TPSA) is 119 Å². The number of pyridine rings is 1. The molecule has 246 valence electrons. The molecule has 0 amide bonds. The first kappa shape index (κ1) is 34.3. The smallest absolute Gasteiger partial charge is 0.495 e. The third kappa shape index (κ3) is 9.70. The second-order valence-electron chi connectivity index (χ2n) is 10.4. The summed E-state index contributed by atoms with van der Waals surface area (Å²) in [5, 5.41) is 0. The molecule has 10 nitrogen and oxygen atoms in total. The number of carbonyl (C=O) groups is 3. The highest BCUT2D eigenvalue weighted by atomic mass is 19.4. The van der Waals surface area contributed by atoms with Crippen LogP contribution in [-0.4, -0.2) is 48.2 Å². The van der Waals surface area contributed by atoms with E-state index in [1.165, 1.54) is 43.6 Å². The Morgan fingerprint density at radius 2 is 1.45 bits per heavy atom. The summed E-state index contributed by atoms with van der Waals surface area (Å²) in [6, 6.07) is 24.7. The molecule has 0 bridgehead atoms. The Morgan fingerprint density at radius 3 is 2.09 bits per heavy atom. The van der Waals surface area contributed by atoms with E-state index in [2.05, 4.69) is 14.8 Å². The normalized spacial score (nSPS) is 11.3. The molecule has 0 aliphatic carbocycles. The molecule has 47 heavy (non-hydrogen) atoms. The molecule has 0 unspecified atom stereocenters. The van der Waals surface area contributed by atoms with E-state index in [1.807, 2.05) is 54.6 Å². The van der Waals surface area contributed by atoms with Crippen LogP contribution in [0.25, 0.3) is 0 Å². The highest BCUT2D eigenvalue weighted by Gasteiger charge is 2.44. The lowest BCUT2D eigenvalue weighted by Crippen LogP contribution is -2.41. The second kappa shape index (κ2) is 15.1. The summed E-state index contributed by atoms with van der Waals surface area (Å²) in [5.41, 5.74) is 0.230. The first-order valence-corrected chi connectivity index (χ1v) is 14.1. The number of hydrogen-bond donors (Lipinski definition) is 0. The number of ether oxygens (including phenoxy) is 4. The van der Waals surface area contributed by atoms with E-state index in [4.69, 9.17) is 18.9 Å². The van der Waals surface area contributed by atoms with Gasteiger partial charge < -0.3 is 18.9 Å². The zero-order valence-electron chi connectivity index (χ0n) is 25.5. The summed E-state index contributed by atoms with van der Waals surface area (Å²) < 4.78 is 59.6. The van der Waals surface area contributed by atoms with Gasteiger partial charge in [0.05, 0.1) is 19.3 Å². The first-order valence-electron chi connectivity index (χ1n) is 14.1. The Balaban J connectivity index is 1.34. The molecule has 0 atom stereocenters. The van der Waals surface area contributed by atoms with E-state index in [-0.39, 0.29) is 28.5 Å². The monoisotopic (exact) mass is 653 g/mol. The fourth-order valence-electron chi connectivity index (χ4n) is 3.96. The van der Waals surface area contributed by atoms with Gasteiger partial charge in [-0.15, -0.1) is 0 Å². The van der Waals surface area contributed by atoms with Crippen molar-refractivity contribution in [2.24, 2.45) is 0 Å². The predicted molar refractivity (Wildman–Crippen MR) is 160 cm³/mol. The van der Waals surface area contributed by atoms with Crippen molar-refractivity contribution in [2.45, 2.75) is 38.7 Å². The Morgan fingerprint density at radius 1 is 0.766 bits per heavy atom. The number of aromatic nitrogens is 1. The lowest BCUT2D eigenvalue weighted by molar-refractivity contribution is -0.291. The highest BCUT2D eigenvalue weighted by Crippen LogP contribution is 2.31. The summed E-state index contributed by atoms with van der Waals surface area (Å²) in [7, 11) is 1.36. The Bertz CT molecular complexity index is 1670. The van der Waals surface area contributed by atoms with Gasteiger partial charge in [0.2, 0.25) is 11.5 Å². The number of carbonyl (C=O) groups excluding carboxylic acids is 3. The summed E-state index contributed by atoms with van der Waals surface area (Å²) in [6.45, 7) is 3.09. The third-order valence-corrected chi connectivity index (χ3v) is 6.53. The van der Waals surface area contributed by atoms with Crippen molar-refractivity contribution < 1.29 is 56.3 Å². The molecule has 0 spiro atoms. The van der Waals surface area contributed by atoms with Crippen LogP contribution in [0.1, 0.15) is 40.9 Å². The summed E-state index contributed by atoms with van der Waals surface area (Å²) in [5.74, 6) is -3.61. The van der Waals surface area contributed by atoms with Gasteiger partial charge in [-0.05, 0) is 55.3 Å². The third-order valence-electron chi connectivity index (χ3n) is 6.53. The van der Waals surface area contributed by atoms with Gasteiger partial charge in [0, 0.05) is 30.3 Å². The molecule has 1 aromatic heterocycles. The maximum atomic E-state index is 13.4. The molecule has 0 aliphatic rings. The van der Waals surface area contributed by atoms with Crippen LogP contribution in [0.3, 0.4) is 0 Å². The zero-order chi connectivity index (χ0) is 34.0. The zero-order valence-corrected chi connectivity index (χ0v) is 25.5. The largest absolute Gasteiger partial charge is 0.497 e. The summed E-state index contributed by atoms with van der Waals surface area (Å²) in [6.07, 6.45) is -3.47. The fraction of sp³-hybridized carbons (Fsp3) is 0.235. The van der Waals surface area contributed by atoms with Crippen molar-refractivity contribution in [1.82, 2.24) is 4.98 Å². The summed E-state index contributed by atoms with van der Waals surface area (Å²) >= 11 is 0. The number of rotatable bonds is 13. The van der Waals surface area contributed by atoms with Crippen LogP contribution in [0.2, 0.25) is 0 Å². The lowest BCUT2D eigenvalue weighted by Gasteiger charge is -2.24. The SMILES string of the molecule is COc1ccc(C(=O)c2ccc(OCCc3ccc(OCc4ccccc4)cc3)nc2)c(OC(C)(C)C(=O)OOC(=O)C(F)(F)F)c1. The van der Waals surface area contributed by atoms with E-state index >= 15 is 0 Å². The molecule has 0 saturated carbocycles. The Hall–Kier alpha value is -5.59. The van der Waals surface area contributed by atoms with Crippen LogP contribution in [-0.2, 0) is 32.4 Å². The van der Waals surface area contributed by atoms with Gasteiger partial charge in [0.25, 0.3) is 0 Å².